The lowest BCUT2D eigenvalue weighted by atomic mass is 10.1. The molecule has 0 radical (unpaired) electrons. The van der Waals surface area contributed by atoms with Crippen molar-refractivity contribution < 1.29 is 19.0 Å². The Bertz CT molecular complexity index is 1140. The third kappa shape index (κ3) is 5.13. The van der Waals surface area contributed by atoms with Gasteiger partial charge in [0.1, 0.15) is 6.61 Å². The maximum Gasteiger partial charge on any atom is 0.363 e. The lowest BCUT2D eigenvalue weighted by Crippen LogP contribution is -2.05. The Morgan fingerprint density at radius 2 is 1.74 bits per heavy atom. The van der Waals surface area contributed by atoms with Crippen molar-refractivity contribution in [2.75, 3.05) is 6.61 Å². The van der Waals surface area contributed by atoms with E-state index in [9.17, 15) is 4.79 Å². The molecule has 0 saturated heterocycles. The zero-order valence-electron chi connectivity index (χ0n) is 16.9. The predicted molar refractivity (Wildman–Crippen MR) is 120 cm³/mol. The van der Waals surface area contributed by atoms with Crippen molar-refractivity contribution in [2.24, 2.45) is 4.99 Å². The molecular weight excluding hydrogens is 414 g/mol. The minimum atomic E-state index is -0.486. The maximum atomic E-state index is 12.3. The smallest absolute Gasteiger partial charge is 0.363 e. The largest absolute Gasteiger partial charge is 0.490 e. The lowest BCUT2D eigenvalue weighted by Gasteiger charge is -2.13. The second-order valence-corrected chi connectivity index (χ2v) is 7.19. The zero-order valence-corrected chi connectivity index (χ0v) is 17.6. The molecule has 0 amide bonds. The van der Waals surface area contributed by atoms with Crippen LogP contribution < -0.4 is 9.47 Å². The van der Waals surface area contributed by atoms with Gasteiger partial charge in [-0.2, -0.15) is 0 Å². The van der Waals surface area contributed by atoms with Crippen LogP contribution in [0.5, 0.6) is 11.5 Å². The van der Waals surface area contributed by atoms with Gasteiger partial charge in [0.25, 0.3) is 0 Å². The van der Waals surface area contributed by atoms with Crippen LogP contribution in [0.15, 0.2) is 83.5 Å². The molecule has 0 fully saturated rings. The Morgan fingerprint density at radius 3 is 2.48 bits per heavy atom. The number of carbonyl (C=O) groups is 1. The van der Waals surface area contributed by atoms with Gasteiger partial charge in [-0.25, -0.2) is 9.79 Å². The molecule has 31 heavy (non-hydrogen) atoms. The first-order valence-corrected chi connectivity index (χ1v) is 10.2. The minimum absolute atomic E-state index is 0.233. The minimum Gasteiger partial charge on any atom is -0.490 e. The first kappa shape index (κ1) is 20.7. The summed E-state index contributed by atoms with van der Waals surface area (Å²) in [5.41, 5.74) is 2.73. The van der Waals surface area contributed by atoms with E-state index >= 15 is 0 Å². The molecule has 0 N–H and O–H groups in total. The summed E-state index contributed by atoms with van der Waals surface area (Å²) in [4.78, 5) is 16.6. The number of cyclic esters (lactones) is 1. The van der Waals surface area contributed by atoms with Gasteiger partial charge in [0.2, 0.25) is 5.90 Å². The van der Waals surface area contributed by atoms with E-state index in [1.807, 2.05) is 79.7 Å². The molecule has 156 valence electrons. The summed E-state index contributed by atoms with van der Waals surface area (Å²) in [6.07, 6.45) is 1.67. The number of hydrogen-bond donors (Lipinski definition) is 0. The Labute approximate surface area is 185 Å². The highest BCUT2D eigenvalue weighted by Gasteiger charge is 2.24. The molecule has 0 saturated carbocycles. The van der Waals surface area contributed by atoms with Gasteiger partial charge >= 0.3 is 5.97 Å². The Balaban J connectivity index is 1.55. The Morgan fingerprint density at radius 1 is 0.968 bits per heavy atom. The number of benzene rings is 3. The van der Waals surface area contributed by atoms with Crippen LogP contribution in [0.3, 0.4) is 0 Å². The van der Waals surface area contributed by atoms with Crippen molar-refractivity contribution in [3.63, 3.8) is 0 Å². The first-order chi connectivity index (χ1) is 15.1. The number of esters is 1. The van der Waals surface area contributed by atoms with Gasteiger partial charge in [0.15, 0.2) is 17.2 Å². The topological polar surface area (TPSA) is 57.1 Å². The van der Waals surface area contributed by atoms with Gasteiger partial charge in [-0.3, -0.25) is 0 Å². The molecule has 0 bridgehead atoms. The van der Waals surface area contributed by atoms with E-state index in [1.54, 1.807) is 6.08 Å². The van der Waals surface area contributed by atoms with Crippen molar-refractivity contribution in [2.45, 2.75) is 13.5 Å². The maximum absolute atomic E-state index is 12.3. The summed E-state index contributed by atoms with van der Waals surface area (Å²) in [5, 5.41) is 0.680. The molecule has 0 aromatic heterocycles. The van der Waals surface area contributed by atoms with Crippen LogP contribution in [0.1, 0.15) is 23.6 Å². The van der Waals surface area contributed by atoms with Crippen molar-refractivity contribution >= 4 is 29.5 Å². The highest BCUT2D eigenvalue weighted by atomic mass is 35.5. The number of rotatable bonds is 7. The third-order valence-corrected chi connectivity index (χ3v) is 4.77. The number of hydrogen-bond acceptors (Lipinski definition) is 5. The quantitative estimate of drug-likeness (QED) is 0.356. The second kappa shape index (κ2) is 9.49. The molecule has 0 atom stereocenters. The van der Waals surface area contributed by atoms with Crippen LogP contribution in [0.2, 0.25) is 5.02 Å². The standard InChI is InChI=1S/C25H20ClNO4/c1-2-29-23-15-18(10-13-22(23)30-16-17-8-11-20(26)12-9-17)14-21-25(28)31-24(27-21)19-6-4-3-5-7-19/h3-15H,2,16H2,1H3/b21-14+. The number of carbonyl (C=O) groups excluding carboxylic acids is 1. The summed E-state index contributed by atoms with van der Waals surface area (Å²) >= 11 is 5.93. The van der Waals surface area contributed by atoms with Crippen LogP contribution >= 0.6 is 11.6 Å². The van der Waals surface area contributed by atoms with E-state index in [0.29, 0.717) is 35.6 Å². The molecule has 5 nitrogen and oxygen atoms in total. The van der Waals surface area contributed by atoms with Crippen molar-refractivity contribution in [3.05, 3.63) is 100 Å². The van der Waals surface area contributed by atoms with Gasteiger partial charge in [-0.05, 0) is 60.5 Å². The first-order valence-electron chi connectivity index (χ1n) is 9.84. The van der Waals surface area contributed by atoms with Gasteiger partial charge in [0.05, 0.1) is 6.61 Å². The zero-order chi connectivity index (χ0) is 21.6. The fourth-order valence-electron chi connectivity index (χ4n) is 3.01. The molecule has 3 aromatic rings. The highest BCUT2D eigenvalue weighted by molar-refractivity contribution is 6.30. The molecule has 0 unspecified atom stereocenters. The van der Waals surface area contributed by atoms with E-state index in [-0.39, 0.29) is 5.70 Å². The highest BCUT2D eigenvalue weighted by Crippen LogP contribution is 2.31. The molecule has 6 heteroatoms. The van der Waals surface area contributed by atoms with Crippen molar-refractivity contribution in [3.8, 4) is 11.5 Å². The summed E-state index contributed by atoms with van der Waals surface area (Å²) < 4.78 is 17.0. The fraction of sp³-hybridized carbons (Fsp3) is 0.120. The van der Waals surface area contributed by atoms with Crippen LogP contribution in [0.25, 0.3) is 6.08 Å². The summed E-state index contributed by atoms with van der Waals surface area (Å²) in [5.74, 6) is 1.01. The van der Waals surface area contributed by atoms with Crippen LogP contribution in [-0.4, -0.2) is 18.5 Å². The summed E-state index contributed by atoms with van der Waals surface area (Å²) in [6.45, 7) is 2.77. The predicted octanol–water partition coefficient (Wildman–Crippen LogP) is 5.66. The number of ether oxygens (including phenoxy) is 3. The van der Waals surface area contributed by atoms with Gasteiger partial charge < -0.3 is 14.2 Å². The molecule has 4 rings (SSSR count). The van der Waals surface area contributed by atoms with Crippen LogP contribution in [-0.2, 0) is 16.1 Å². The second-order valence-electron chi connectivity index (χ2n) is 6.76. The van der Waals surface area contributed by atoms with E-state index in [0.717, 1.165) is 16.7 Å². The lowest BCUT2D eigenvalue weighted by molar-refractivity contribution is -0.129. The number of aliphatic imine (C=N–C) groups is 1. The van der Waals surface area contributed by atoms with Gasteiger partial charge in [-0.1, -0.05) is 48.0 Å². The Hall–Kier alpha value is -3.57. The molecule has 1 heterocycles. The van der Waals surface area contributed by atoms with Crippen LogP contribution in [0, 0.1) is 0 Å². The summed E-state index contributed by atoms with van der Waals surface area (Å²) in [7, 11) is 0. The monoisotopic (exact) mass is 433 g/mol. The number of halogens is 1. The van der Waals surface area contributed by atoms with E-state index in [4.69, 9.17) is 25.8 Å². The van der Waals surface area contributed by atoms with Crippen molar-refractivity contribution in [1.82, 2.24) is 0 Å². The average molecular weight is 434 g/mol. The molecule has 1 aliphatic heterocycles. The van der Waals surface area contributed by atoms with E-state index in [1.165, 1.54) is 0 Å². The van der Waals surface area contributed by atoms with E-state index < -0.39 is 5.97 Å². The molecule has 1 aliphatic rings. The molecular formula is C25H20ClNO4. The molecule has 0 spiro atoms. The fourth-order valence-corrected chi connectivity index (χ4v) is 3.14. The van der Waals surface area contributed by atoms with Gasteiger partial charge in [0, 0.05) is 10.6 Å². The van der Waals surface area contributed by atoms with E-state index in [2.05, 4.69) is 4.99 Å². The third-order valence-electron chi connectivity index (χ3n) is 4.52. The van der Waals surface area contributed by atoms with Crippen molar-refractivity contribution in [1.29, 1.82) is 0 Å². The normalized spacial score (nSPS) is 14.3. The SMILES string of the molecule is CCOc1cc(/C=C2/N=C(c3ccccc3)OC2=O)ccc1OCc1ccc(Cl)cc1. The molecule has 0 aliphatic carbocycles. The number of nitrogens with zero attached hydrogens (tertiary/aromatic N) is 1. The molecule has 3 aromatic carbocycles. The van der Waals surface area contributed by atoms with Gasteiger partial charge in [-0.15, -0.1) is 0 Å². The Kier molecular flexibility index (Phi) is 6.34. The summed E-state index contributed by atoms with van der Waals surface area (Å²) in [6, 6.07) is 22.3. The van der Waals surface area contributed by atoms with Crippen LogP contribution in [0.4, 0.5) is 0 Å². The average Bonchev–Trinajstić information content (AvgIpc) is 3.15.